The highest BCUT2D eigenvalue weighted by Crippen LogP contribution is 2.23. The molecule has 26 heavy (non-hydrogen) atoms. The zero-order valence-electron chi connectivity index (χ0n) is 15.3. The van der Waals surface area contributed by atoms with Crippen LogP contribution in [0.5, 0.6) is 5.75 Å². The Bertz CT molecular complexity index is 946. The van der Waals surface area contributed by atoms with Crippen molar-refractivity contribution in [3.63, 3.8) is 0 Å². The molecular weight excluding hydrogens is 322 g/mol. The molecule has 0 spiro atoms. The van der Waals surface area contributed by atoms with Crippen LogP contribution in [-0.2, 0) is 7.05 Å². The lowest BCUT2D eigenvalue weighted by molar-refractivity contribution is 0.306. The molecule has 132 valence electrons. The fourth-order valence-electron chi connectivity index (χ4n) is 2.90. The first-order chi connectivity index (χ1) is 12.7. The van der Waals surface area contributed by atoms with Gasteiger partial charge in [-0.2, -0.15) is 5.26 Å². The SMILES string of the molecule is CCCCCOc1ccc(/C=C(/C#N)c2nc3ccccc3n2C)cc1. The van der Waals surface area contributed by atoms with E-state index in [-0.39, 0.29) is 0 Å². The summed E-state index contributed by atoms with van der Waals surface area (Å²) in [5.74, 6) is 1.54. The molecule has 1 heterocycles. The number of nitrogens with zero attached hydrogens (tertiary/aromatic N) is 3. The van der Waals surface area contributed by atoms with Gasteiger partial charge < -0.3 is 9.30 Å². The van der Waals surface area contributed by atoms with Gasteiger partial charge in [0.05, 0.1) is 23.2 Å². The smallest absolute Gasteiger partial charge is 0.151 e. The van der Waals surface area contributed by atoms with Gasteiger partial charge in [-0.1, -0.05) is 44.0 Å². The minimum absolute atomic E-state index is 0.542. The molecule has 0 saturated carbocycles. The number of nitriles is 1. The molecule has 0 aliphatic rings. The molecule has 0 amide bonds. The van der Waals surface area contributed by atoms with Crippen LogP contribution >= 0.6 is 0 Å². The molecule has 2 aromatic carbocycles. The average Bonchev–Trinajstić information content (AvgIpc) is 3.01. The largest absolute Gasteiger partial charge is 0.494 e. The van der Waals surface area contributed by atoms with Crippen molar-refractivity contribution >= 4 is 22.7 Å². The maximum absolute atomic E-state index is 9.62. The Morgan fingerprint density at radius 3 is 2.62 bits per heavy atom. The van der Waals surface area contributed by atoms with E-state index in [2.05, 4.69) is 18.0 Å². The van der Waals surface area contributed by atoms with E-state index >= 15 is 0 Å². The van der Waals surface area contributed by atoms with E-state index in [4.69, 9.17) is 4.74 Å². The quantitative estimate of drug-likeness (QED) is 0.436. The fraction of sp³-hybridized carbons (Fsp3) is 0.273. The van der Waals surface area contributed by atoms with Crippen molar-refractivity contribution in [2.75, 3.05) is 6.61 Å². The highest BCUT2D eigenvalue weighted by atomic mass is 16.5. The van der Waals surface area contributed by atoms with Crippen LogP contribution < -0.4 is 4.74 Å². The molecule has 0 aliphatic heterocycles. The van der Waals surface area contributed by atoms with Crippen LogP contribution in [0.3, 0.4) is 0 Å². The molecule has 0 radical (unpaired) electrons. The van der Waals surface area contributed by atoms with E-state index in [1.165, 1.54) is 12.8 Å². The van der Waals surface area contributed by atoms with Gasteiger partial charge >= 0.3 is 0 Å². The topological polar surface area (TPSA) is 50.8 Å². The second kappa shape index (κ2) is 8.35. The average molecular weight is 345 g/mol. The summed E-state index contributed by atoms with van der Waals surface area (Å²) in [6.07, 6.45) is 5.31. The minimum Gasteiger partial charge on any atom is -0.494 e. The van der Waals surface area contributed by atoms with Gasteiger partial charge in [0, 0.05) is 7.05 Å². The van der Waals surface area contributed by atoms with Gasteiger partial charge in [0.2, 0.25) is 0 Å². The number of fused-ring (bicyclic) bond motifs is 1. The number of unbranched alkanes of at least 4 members (excludes halogenated alkanes) is 2. The summed E-state index contributed by atoms with van der Waals surface area (Å²) >= 11 is 0. The molecule has 0 bridgehead atoms. The summed E-state index contributed by atoms with van der Waals surface area (Å²) in [5, 5.41) is 9.62. The lowest BCUT2D eigenvalue weighted by atomic mass is 10.1. The highest BCUT2D eigenvalue weighted by Gasteiger charge is 2.11. The number of ether oxygens (including phenoxy) is 1. The van der Waals surface area contributed by atoms with Crippen molar-refractivity contribution in [2.45, 2.75) is 26.2 Å². The second-order valence-corrected chi connectivity index (χ2v) is 6.28. The molecule has 1 aromatic heterocycles. The molecular formula is C22H23N3O. The molecule has 4 nitrogen and oxygen atoms in total. The van der Waals surface area contributed by atoms with Gasteiger partial charge in [-0.25, -0.2) is 4.98 Å². The van der Waals surface area contributed by atoms with E-state index in [1.807, 2.05) is 66.2 Å². The number of aromatic nitrogens is 2. The van der Waals surface area contributed by atoms with Crippen molar-refractivity contribution in [1.82, 2.24) is 9.55 Å². The van der Waals surface area contributed by atoms with Crippen molar-refractivity contribution in [2.24, 2.45) is 7.05 Å². The molecule has 0 N–H and O–H groups in total. The Labute approximate surface area is 154 Å². The third-order valence-corrected chi connectivity index (χ3v) is 4.36. The van der Waals surface area contributed by atoms with Crippen LogP contribution in [0.4, 0.5) is 0 Å². The zero-order valence-corrected chi connectivity index (χ0v) is 15.3. The van der Waals surface area contributed by atoms with Crippen LogP contribution in [0.2, 0.25) is 0 Å². The standard InChI is InChI=1S/C22H23N3O/c1-3-4-7-14-26-19-12-10-17(11-13-19)15-18(16-23)22-24-20-8-5-6-9-21(20)25(22)2/h5-6,8-13,15H,3-4,7,14H2,1-2H3/b18-15-. The van der Waals surface area contributed by atoms with E-state index in [0.29, 0.717) is 11.4 Å². The first kappa shape index (κ1) is 17.8. The summed E-state index contributed by atoms with van der Waals surface area (Å²) < 4.78 is 7.69. The van der Waals surface area contributed by atoms with Gasteiger partial charge in [0.15, 0.2) is 5.82 Å². The summed E-state index contributed by atoms with van der Waals surface area (Å²) in [4.78, 5) is 4.60. The van der Waals surface area contributed by atoms with Gasteiger partial charge in [0.25, 0.3) is 0 Å². The molecule has 0 aliphatic carbocycles. The van der Waals surface area contributed by atoms with E-state index in [0.717, 1.165) is 35.4 Å². The van der Waals surface area contributed by atoms with Crippen LogP contribution in [0.25, 0.3) is 22.7 Å². The summed E-state index contributed by atoms with van der Waals surface area (Å²) in [7, 11) is 1.93. The number of benzene rings is 2. The van der Waals surface area contributed by atoms with E-state index in [1.54, 1.807) is 0 Å². The number of para-hydroxylation sites is 2. The molecule has 4 heteroatoms. The third kappa shape index (κ3) is 3.94. The van der Waals surface area contributed by atoms with E-state index < -0.39 is 0 Å². The Hall–Kier alpha value is -3.06. The molecule has 3 rings (SSSR count). The predicted molar refractivity (Wildman–Crippen MR) is 106 cm³/mol. The number of allylic oxidation sites excluding steroid dienone is 1. The molecule has 0 atom stereocenters. The lowest BCUT2D eigenvalue weighted by Crippen LogP contribution is -1.97. The first-order valence-electron chi connectivity index (χ1n) is 8.99. The van der Waals surface area contributed by atoms with Crippen molar-refractivity contribution in [3.8, 4) is 11.8 Å². The van der Waals surface area contributed by atoms with Crippen molar-refractivity contribution in [3.05, 3.63) is 59.9 Å². The Morgan fingerprint density at radius 2 is 1.92 bits per heavy atom. The van der Waals surface area contributed by atoms with E-state index in [9.17, 15) is 5.26 Å². The normalized spacial score (nSPS) is 11.5. The highest BCUT2D eigenvalue weighted by molar-refractivity contribution is 5.90. The summed E-state index contributed by atoms with van der Waals surface area (Å²) in [6.45, 7) is 2.92. The lowest BCUT2D eigenvalue weighted by Gasteiger charge is -2.06. The Kier molecular flexibility index (Phi) is 5.70. The second-order valence-electron chi connectivity index (χ2n) is 6.28. The zero-order chi connectivity index (χ0) is 18.4. The maximum Gasteiger partial charge on any atom is 0.151 e. The fourth-order valence-corrected chi connectivity index (χ4v) is 2.90. The van der Waals surface area contributed by atoms with Gasteiger partial charge in [-0.3, -0.25) is 0 Å². The first-order valence-corrected chi connectivity index (χ1v) is 8.99. The monoisotopic (exact) mass is 345 g/mol. The number of rotatable bonds is 7. The Balaban J connectivity index is 1.80. The minimum atomic E-state index is 0.542. The Morgan fingerprint density at radius 1 is 1.15 bits per heavy atom. The summed E-state index contributed by atoms with van der Waals surface area (Å²) in [6, 6.07) is 18.0. The van der Waals surface area contributed by atoms with Crippen LogP contribution in [0.15, 0.2) is 48.5 Å². The van der Waals surface area contributed by atoms with Gasteiger partial charge in [0.1, 0.15) is 11.8 Å². The van der Waals surface area contributed by atoms with Crippen LogP contribution in [0.1, 0.15) is 37.6 Å². The molecule has 0 saturated heterocycles. The van der Waals surface area contributed by atoms with Crippen molar-refractivity contribution < 1.29 is 4.74 Å². The van der Waals surface area contributed by atoms with Crippen LogP contribution in [0, 0.1) is 11.3 Å². The molecule has 0 unspecified atom stereocenters. The maximum atomic E-state index is 9.62. The predicted octanol–water partition coefficient (Wildman–Crippen LogP) is 5.21. The number of imidazole rings is 1. The number of hydrogen-bond acceptors (Lipinski definition) is 3. The molecule has 0 fully saturated rings. The van der Waals surface area contributed by atoms with Crippen molar-refractivity contribution in [1.29, 1.82) is 5.26 Å². The number of hydrogen-bond donors (Lipinski definition) is 0. The third-order valence-electron chi connectivity index (χ3n) is 4.36. The molecule has 3 aromatic rings. The number of aryl methyl sites for hydroxylation is 1. The van der Waals surface area contributed by atoms with Crippen LogP contribution in [-0.4, -0.2) is 16.2 Å². The summed E-state index contributed by atoms with van der Waals surface area (Å²) in [5.41, 5.74) is 3.40. The van der Waals surface area contributed by atoms with Gasteiger partial charge in [-0.05, 0) is 42.3 Å². The van der Waals surface area contributed by atoms with Gasteiger partial charge in [-0.15, -0.1) is 0 Å².